The van der Waals surface area contributed by atoms with E-state index in [2.05, 4.69) is 21.2 Å². The van der Waals surface area contributed by atoms with Gasteiger partial charge in [-0.05, 0) is 31.5 Å². The van der Waals surface area contributed by atoms with E-state index in [1.54, 1.807) is 4.57 Å². The molecule has 0 saturated carbocycles. The number of aromatic nitrogens is 1. The lowest BCUT2D eigenvalue weighted by Gasteiger charge is -2.07. The molecule has 6 heteroatoms. The van der Waals surface area contributed by atoms with Crippen molar-refractivity contribution < 1.29 is 4.79 Å². The zero-order valence-electron chi connectivity index (χ0n) is 12.0. The monoisotopic (exact) mass is 368 g/mol. The molecule has 0 saturated heterocycles. The minimum absolute atomic E-state index is 0.00529. The van der Waals surface area contributed by atoms with Crippen LogP contribution in [0.3, 0.4) is 0 Å². The summed E-state index contributed by atoms with van der Waals surface area (Å²) in [5.41, 5.74) is 2.00. The highest BCUT2D eigenvalue weighted by atomic mass is 79.9. The molecular weight excluding hydrogens is 352 g/mol. The Balaban J connectivity index is 1.85. The van der Waals surface area contributed by atoms with Crippen LogP contribution in [0.15, 0.2) is 33.5 Å². The molecule has 21 heavy (non-hydrogen) atoms. The Labute approximate surface area is 135 Å². The molecule has 0 unspecified atom stereocenters. The molecule has 0 aliphatic heterocycles. The van der Waals surface area contributed by atoms with Gasteiger partial charge in [0, 0.05) is 34.6 Å². The van der Waals surface area contributed by atoms with Gasteiger partial charge in [-0.25, -0.2) is 0 Å². The fourth-order valence-electron chi connectivity index (χ4n) is 1.95. The molecule has 0 spiro atoms. The molecule has 0 radical (unpaired) electrons. The first-order valence-corrected chi connectivity index (χ1v) is 8.26. The largest absolute Gasteiger partial charge is 0.352 e. The standard InChI is InChI=1S/C15H17BrN2O2S/c1-10-11(2)21-15(20)18(10)8-7-14(19)17-9-12-3-5-13(16)6-4-12/h3-6H,7-9H2,1-2H3,(H,17,19). The predicted molar refractivity (Wildman–Crippen MR) is 88.7 cm³/mol. The van der Waals surface area contributed by atoms with Gasteiger partial charge in [-0.15, -0.1) is 0 Å². The Bertz CT molecular complexity index is 689. The second kappa shape index (κ2) is 7.04. The predicted octanol–water partition coefficient (Wildman–Crippen LogP) is 3.00. The summed E-state index contributed by atoms with van der Waals surface area (Å²) in [6.45, 7) is 4.77. The first-order valence-electron chi connectivity index (χ1n) is 6.65. The molecule has 0 fully saturated rings. The third-order valence-electron chi connectivity index (χ3n) is 3.34. The van der Waals surface area contributed by atoms with E-state index in [0.29, 0.717) is 19.5 Å². The van der Waals surface area contributed by atoms with Gasteiger partial charge in [0.1, 0.15) is 0 Å². The van der Waals surface area contributed by atoms with Crippen LogP contribution < -0.4 is 10.2 Å². The lowest BCUT2D eigenvalue weighted by Crippen LogP contribution is -2.26. The number of thiazole rings is 1. The minimum Gasteiger partial charge on any atom is -0.352 e. The Morgan fingerprint density at radius 2 is 1.95 bits per heavy atom. The molecule has 2 aromatic rings. The number of nitrogens with one attached hydrogen (secondary N) is 1. The van der Waals surface area contributed by atoms with Crippen LogP contribution >= 0.6 is 27.3 Å². The number of amides is 1. The lowest BCUT2D eigenvalue weighted by molar-refractivity contribution is -0.121. The molecule has 1 amide bonds. The molecule has 0 atom stereocenters. The van der Waals surface area contributed by atoms with Gasteiger partial charge in [0.25, 0.3) is 0 Å². The van der Waals surface area contributed by atoms with Crippen LogP contribution in [0, 0.1) is 13.8 Å². The Morgan fingerprint density at radius 3 is 2.52 bits per heavy atom. The van der Waals surface area contributed by atoms with Crippen molar-refractivity contribution in [1.82, 2.24) is 9.88 Å². The molecule has 1 heterocycles. The van der Waals surface area contributed by atoms with E-state index in [4.69, 9.17) is 0 Å². The van der Waals surface area contributed by atoms with Crippen molar-refractivity contribution >= 4 is 33.2 Å². The van der Waals surface area contributed by atoms with Crippen molar-refractivity contribution in [2.24, 2.45) is 0 Å². The summed E-state index contributed by atoms with van der Waals surface area (Å²) in [6, 6.07) is 7.81. The van der Waals surface area contributed by atoms with Crippen LogP contribution in [0.4, 0.5) is 0 Å². The first kappa shape index (κ1) is 16.0. The maximum Gasteiger partial charge on any atom is 0.307 e. The molecule has 2 rings (SSSR count). The van der Waals surface area contributed by atoms with Crippen LogP contribution in [-0.2, 0) is 17.9 Å². The third-order valence-corrected chi connectivity index (χ3v) is 4.87. The van der Waals surface area contributed by atoms with Crippen molar-refractivity contribution in [3.63, 3.8) is 0 Å². The van der Waals surface area contributed by atoms with E-state index in [1.807, 2.05) is 38.1 Å². The van der Waals surface area contributed by atoms with E-state index in [-0.39, 0.29) is 10.8 Å². The van der Waals surface area contributed by atoms with E-state index < -0.39 is 0 Å². The molecule has 0 aliphatic carbocycles. The molecule has 0 aliphatic rings. The lowest BCUT2D eigenvalue weighted by atomic mass is 10.2. The molecule has 0 bridgehead atoms. The van der Waals surface area contributed by atoms with Gasteiger partial charge >= 0.3 is 4.87 Å². The van der Waals surface area contributed by atoms with Gasteiger partial charge in [0.2, 0.25) is 5.91 Å². The van der Waals surface area contributed by atoms with Gasteiger partial charge in [-0.3, -0.25) is 9.59 Å². The van der Waals surface area contributed by atoms with E-state index in [0.717, 1.165) is 20.6 Å². The Morgan fingerprint density at radius 1 is 1.29 bits per heavy atom. The summed E-state index contributed by atoms with van der Waals surface area (Å²) in [6.07, 6.45) is 0.313. The summed E-state index contributed by atoms with van der Waals surface area (Å²) in [5, 5.41) is 2.87. The minimum atomic E-state index is -0.0481. The SMILES string of the molecule is Cc1sc(=O)n(CCC(=O)NCc2ccc(Br)cc2)c1C. The normalized spacial score (nSPS) is 10.6. The van der Waals surface area contributed by atoms with E-state index in [1.165, 1.54) is 11.3 Å². The highest BCUT2D eigenvalue weighted by Gasteiger charge is 2.09. The van der Waals surface area contributed by atoms with Gasteiger partial charge in [-0.2, -0.15) is 0 Å². The fourth-order valence-corrected chi connectivity index (χ4v) is 3.07. The van der Waals surface area contributed by atoms with Crippen LogP contribution in [0.5, 0.6) is 0 Å². The van der Waals surface area contributed by atoms with Crippen LogP contribution in [0.25, 0.3) is 0 Å². The second-order valence-electron chi connectivity index (χ2n) is 4.81. The summed E-state index contributed by atoms with van der Waals surface area (Å²) >= 11 is 4.60. The smallest absolute Gasteiger partial charge is 0.307 e. The topological polar surface area (TPSA) is 51.1 Å². The number of benzene rings is 1. The van der Waals surface area contributed by atoms with Crippen LogP contribution in [0.1, 0.15) is 22.6 Å². The average Bonchev–Trinajstić information content (AvgIpc) is 2.69. The first-order chi connectivity index (χ1) is 9.97. The highest BCUT2D eigenvalue weighted by Crippen LogP contribution is 2.11. The van der Waals surface area contributed by atoms with Crippen molar-refractivity contribution in [1.29, 1.82) is 0 Å². The molecule has 4 nitrogen and oxygen atoms in total. The maximum absolute atomic E-state index is 11.9. The van der Waals surface area contributed by atoms with Crippen LogP contribution in [-0.4, -0.2) is 10.5 Å². The van der Waals surface area contributed by atoms with Crippen molar-refractivity contribution in [3.05, 3.63) is 54.5 Å². The van der Waals surface area contributed by atoms with Gasteiger partial charge in [0.05, 0.1) is 0 Å². The van der Waals surface area contributed by atoms with Crippen LogP contribution in [0.2, 0.25) is 0 Å². The number of carbonyl (C=O) groups excluding carboxylic acids is 1. The summed E-state index contributed by atoms with van der Waals surface area (Å²) < 4.78 is 2.68. The zero-order valence-corrected chi connectivity index (χ0v) is 14.4. The molecular formula is C15H17BrN2O2S. The number of aryl methyl sites for hydroxylation is 1. The van der Waals surface area contributed by atoms with E-state index in [9.17, 15) is 9.59 Å². The van der Waals surface area contributed by atoms with Gasteiger partial charge in [0.15, 0.2) is 0 Å². The molecule has 112 valence electrons. The Kier molecular flexibility index (Phi) is 5.36. The molecule has 1 aromatic heterocycles. The number of carbonyl (C=O) groups is 1. The van der Waals surface area contributed by atoms with Gasteiger partial charge in [-0.1, -0.05) is 39.4 Å². The number of nitrogens with zero attached hydrogens (tertiary/aromatic N) is 1. The van der Waals surface area contributed by atoms with Crippen molar-refractivity contribution in [3.8, 4) is 0 Å². The maximum atomic E-state index is 11.9. The summed E-state index contributed by atoms with van der Waals surface area (Å²) in [4.78, 5) is 24.6. The zero-order chi connectivity index (χ0) is 15.4. The third kappa shape index (κ3) is 4.28. The summed E-state index contributed by atoms with van der Waals surface area (Å²) in [7, 11) is 0. The Hall–Kier alpha value is -1.40. The number of halogens is 1. The second-order valence-corrected chi connectivity index (χ2v) is 6.90. The van der Waals surface area contributed by atoms with E-state index >= 15 is 0 Å². The average molecular weight is 369 g/mol. The van der Waals surface area contributed by atoms with Crippen molar-refractivity contribution in [2.75, 3.05) is 0 Å². The fraction of sp³-hybridized carbons (Fsp3) is 0.333. The van der Waals surface area contributed by atoms with Gasteiger partial charge < -0.3 is 9.88 Å². The molecule has 1 aromatic carbocycles. The quantitative estimate of drug-likeness (QED) is 0.881. The summed E-state index contributed by atoms with van der Waals surface area (Å²) in [5.74, 6) is -0.0481. The number of rotatable bonds is 5. The molecule has 1 N–H and O–H groups in total. The van der Waals surface area contributed by atoms with Crippen molar-refractivity contribution in [2.45, 2.75) is 33.4 Å². The number of hydrogen-bond donors (Lipinski definition) is 1. The number of hydrogen-bond acceptors (Lipinski definition) is 3. The highest BCUT2D eigenvalue weighted by molar-refractivity contribution is 9.10.